The minimum Gasteiger partial charge on any atom is -0.383 e. The Balaban J connectivity index is 2.42. The summed E-state index contributed by atoms with van der Waals surface area (Å²) in [6.07, 6.45) is 2.68. The summed E-state index contributed by atoms with van der Waals surface area (Å²) in [7, 11) is 3.78. The summed E-state index contributed by atoms with van der Waals surface area (Å²) in [5, 5.41) is 3.23. The Morgan fingerprint density at radius 3 is 2.85 bits per heavy atom. The maximum atomic E-state index is 5.24. The number of likely N-dealkylation sites (N-methyl/N-ethyl adjacent to an activating group) is 1. The number of rotatable bonds is 5. The van der Waals surface area contributed by atoms with E-state index in [1.165, 1.54) is 19.4 Å². The Labute approximate surface area is 81.4 Å². The molecule has 2 unspecified atom stereocenters. The van der Waals surface area contributed by atoms with Gasteiger partial charge in [0, 0.05) is 25.7 Å². The number of likely N-dealkylation sites (tertiary alicyclic amines) is 1. The van der Waals surface area contributed by atoms with E-state index in [9.17, 15) is 0 Å². The van der Waals surface area contributed by atoms with Crippen molar-refractivity contribution in [3.63, 3.8) is 0 Å². The van der Waals surface area contributed by atoms with Gasteiger partial charge in [0.15, 0.2) is 0 Å². The summed E-state index contributed by atoms with van der Waals surface area (Å²) in [5.41, 5.74) is 0. The number of ether oxygens (including phenoxy) is 1. The summed E-state index contributed by atoms with van der Waals surface area (Å²) in [6.45, 7) is 5.41. The van der Waals surface area contributed by atoms with Crippen LogP contribution in [0, 0.1) is 0 Å². The number of hydrogen-bond donors (Lipinski definition) is 1. The lowest BCUT2D eigenvalue weighted by Gasteiger charge is -2.30. The zero-order valence-corrected chi connectivity index (χ0v) is 9.05. The molecule has 0 spiro atoms. The first kappa shape index (κ1) is 11.0. The molecule has 1 saturated heterocycles. The molecule has 0 amide bonds. The van der Waals surface area contributed by atoms with Gasteiger partial charge in [0.25, 0.3) is 0 Å². The highest BCUT2D eigenvalue weighted by Gasteiger charge is 2.26. The molecule has 3 nitrogen and oxygen atoms in total. The van der Waals surface area contributed by atoms with Gasteiger partial charge >= 0.3 is 0 Å². The van der Waals surface area contributed by atoms with Crippen molar-refractivity contribution in [3.05, 3.63) is 0 Å². The Morgan fingerprint density at radius 2 is 2.38 bits per heavy atom. The second-order valence-corrected chi connectivity index (χ2v) is 3.90. The quantitative estimate of drug-likeness (QED) is 0.684. The van der Waals surface area contributed by atoms with E-state index in [4.69, 9.17) is 4.74 Å². The van der Waals surface area contributed by atoms with Crippen molar-refractivity contribution < 1.29 is 4.74 Å². The van der Waals surface area contributed by atoms with Gasteiger partial charge < -0.3 is 10.1 Å². The van der Waals surface area contributed by atoms with E-state index in [-0.39, 0.29) is 0 Å². The molecule has 3 heteroatoms. The molecule has 0 radical (unpaired) electrons. The van der Waals surface area contributed by atoms with E-state index >= 15 is 0 Å². The first-order valence-electron chi connectivity index (χ1n) is 5.19. The summed E-state index contributed by atoms with van der Waals surface area (Å²) in [4.78, 5) is 2.56. The topological polar surface area (TPSA) is 24.5 Å². The Kier molecular flexibility index (Phi) is 4.70. The average Bonchev–Trinajstić information content (AvgIpc) is 2.51. The summed E-state index contributed by atoms with van der Waals surface area (Å²) in [6, 6.07) is 1.28. The van der Waals surface area contributed by atoms with Crippen LogP contribution in [0.5, 0.6) is 0 Å². The highest BCUT2D eigenvalue weighted by molar-refractivity contribution is 4.83. The normalized spacial score (nSPS) is 26.5. The fourth-order valence-corrected chi connectivity index (χ4v) is 2.20. The predicted octanol–water partition coefficient (Wildman–Crippen LogP) is 0.705. The SMILES string of the molecule is CNCC(COC)N1CCCC1C. The van der Waals surface area contributed by atoms with E-state index < -0.39 is 0 Å². The van der Waals surface area contributed by atoms with Crippen LogP contribution in [0.4, 0.5) is 0 Å². The molecule has 0 saturated carbocycles. The van der Waals surface area contributed by atoms with Gasteiger partial charge in [-0.25, -0.2) is 0 Å². The molecule has 0 aromatic heterocycles. The number of nitrogens with one attached hydrogen (secondary N) is 1. The van der Waals surface area contributed by atoms with Crippen LogP contribution in [0.2, 0.25) is 0 Å². The van der Waals surface area contributed by atoms with Gasteiger partial charge in [0.1, 0.15) is 0 Å². The fraction of sp³-hybridized carbons (Fsp3) is 1.00. The number of methoxy groups -OCH3 is 1. The van der Waals surface area contributed by atoms with Crippen molar-refractivity contribution >= 4 is 0 Å². The van der Waals surface area contributed by atoms with E-state index in [1.54, 1.807) is 7.11 Å². The van der Waals surface area contributed by atoms with Gasteiger partial charge in [-0.3, -0.25) is 4.90 Å². The van der Waals surface area contributed by atoms with Crippen LogP contribution in [-0.2, 0) is 4.74 Å². The molecule has 13 heavy (non-hydrogen) atoms. The second-order valence-electron chi connectivity index (χ2n) is 3.90. The van der Waals surface area contributed by atoms with Crippen LogP contribution in [0.3, 0.4) is 0 Å². The molecule has 1 fully saturated rings. The zero-order chi connectivity index (χ0) is 9.68. The third-order valence-corrected chi connectivity index (χ3v) is 2.87. The molecule has 1 heterocycles. The molecule has 1 aliphatic heterocycles. The zero-order valence-electron chi connectivity index (χ0n) is 9.05. The molecule has 1 N–H and O–H groups in total. The summed E-state index contributed by atoms with van der Waals surface area (Å²) < 4.78 is 5.24. The maximum absolute atomic E-state index is 5.24. The van der Waals surface area contributed by atoms with Crippen LogP contribution in [0.1, 0.15) is 19.8 Å². The lowest BCUT2D eigenvalue weighted by Crippen LogP contribution is -2.45. The van der Waals surface area contributed by atoms with Gasteiger partial charge in [-0.05, 0) is 33.4 Å². The molecule has 1 rings (SSSR count). The molecular formula is C10H22N2O. The van der Waals surface area contributed by atoms with Crippen LogP contribution in [0.25, 0.3) is 0 Å². The molecule has 0 bridgehead atoms. The van der Waals surface area contributed by atoms with Crippen molar-refractivity contribution in [2.24, 2.45) is 0 Å². The van der Waals surface area contributed by atoms with Gasteiger partial charge in [-0.2, -0.15) is 0 Å². The standard InChI is InChI=1S/C10H22N2O/c1-9-5-4-6-12(9)10(7-11-2)8-13-3/h9-11H,4-8H2,1-3H3. The maximum Gasteiger partial charge on any atom is 0.0630 e. The third-order valence-electron chi connectivity index (χ3n) is 2.87. The van der Waals surface area contributed by atoms with Crippen molar-refractivity contribution in [3.8, 4) is 0 Å². The van der Waals surface area contributed by atoms with Gasteiger partial charge in [0.2, 0.25) is 0 Å². The molecule has 0 aromatic rings. The molecule has 78 valence electrons. The molecule has 0 aliphatic carbocycles. The minimum atomic E-state index is 0.549. The number of nitrogens with zero attached hydrogens (tertiary/aromatic N) is 1. The Hall–Kier alpha value is -0.120. The van der Waals surface area contributed by atoms with Crippen LogP contribution in [0.15, 0.2) is 0 Å². The van der Waals surface area contributed by atoms with E-state index in [1.807, 2.05) is 7.05 Å². The van der Waals surface area contributed by atoms with Gasteiger partial charge in [0.05, 0.1) is 6.61 Å². The van der Waals surface area contributed by atoms with Crippen LogP contribution < -0.4 is 5.32 Å². The fourth-order valence-electron chi connectivity index (χ4n) is 2.20. The number of hydrogen-bond acceptors (Lipinski definition) is 3. The van der Waals surface area contributed by atoms with E-state index in [2.05, 4.69) is 17.1 Å². The Bertz CT molecular complexity index is 135. The monoisotopic (exact) mass is 186 g/mol. The predicted molar refractivity (Wildman–Crippen MR) is 55.0 cm³/mol. The van der Waals surface area contributed by atoms with Crippen molar-refractivity contribution in [1.82, 2.24) is 10.2 Å². The van der Waals surface area contributed by atoms with E-state index in [0.717, 1.165) is 19.2 Å². The highest BCUT2D eigenvalue weighted by atomic mass is 16.5. The minimum absolute atomic E-state index is 0.549. The molecule has 1 aliphatic rings. The Morgan fingerprint density at radius 1 is 1.62 bits per heavy atom. The highest BCUT2D eigenvalue weighted by Crippen LogP contribution is 2.19. The smallest absolute Gasteiger partial charge is 0.0630 e. The molecular weight excluding hydrogens is 164 g/mol. The van der Waals surface area contributed by atoms with Crippen molar-refractivity contribution in [1.29, 1.82) is 0 Å². The summed E-state index contributed by atoms with van der Waals surface area (Å²) in [5.74, 6) is 0. The van der Waals surface area contributed by atoms with Crippen LogP contribution in [-0.4, -0.2) is 50.8 Å². The first-order valence-corrected chi connectivity index (χ1v) is 5.19. The second kappa shape index (κ2) is 5.58. The first-order chi connectivity index (χ1) is 6.29. The van der Waals surface area contributed by atoms with Gasteiger partial charge in [-0.1, -0.05) is 0 Å². The average molecular weight is 186 g/mol. The van der Waals surface area contributed by atoms with Crippen molar-refractivity contribution in [2.45, 2.75) is 31.8 Å². The lowest BCUT2D eigenvalue weighted by atomic mass is 10.2. The molecule has 2 atom stereocenters. The van der Waals surface area contributed by atoms with E-state index in [0.29, 0.717) is 6.04 Å². The van der Waals surface area contributed by atoms with Crippen molar-refractivity contribution in [2.75, 3.05) is 33.9 Å². The third kappa shape index (κ3) is 2.93. The van der Waals surface area contributed by atoms with Crippen LogP contribution >= 0.6 is 0 Å². The lowest BCUT2D eigenvalue weighted by molar-refractivity contribution is 0.0864. The van der Waals surface area contributed by atoms with Gasteiger partial charge in [-0.15, -0.1) is 0 Å². The summed E-state index contributed by atoms with van der Waals surface area (Å²) >= 11 is 0. The largest absolute Gasteiger partial charge is 0.383 e. The molecule has 0 aromatic carbocycles.